The molecule has 0 spiro atoms. The average Bonchev–Trinajstić information content (AvgIpc) is 2.91. The second kappa shape index (κ2) is 6.26. The van der Waals surface area contributed by atoms with Crippen molar-refractivity contribution in [2.75, 3.05) is 39.0 Å². The number of halogens is 1. The van der Waals surface area contributed by atoms with Gasteiger partial charge in [-0.25, -0.2) is 0 Å². The molecule has 0 radical (unpaired) electrons. The van der Waals surface area contributed by atoms with Gasteiger partial charge in [-0.05, 0) is 44.1 Å². The largest absolute Gasteiger partial charge is 0.398 e. The highest BCUT2D eigenvalue weighted by atomic mass is 35.5. The Morgan fingerprint density at radius 3 is 2.79 bits per heavy atom. The van der Waals surface area contributed by atoms with E-state index in [1.807, 2.05) is 0 Å². The predicted octanol–water partition coefficient (Wildman–Crippen LogP) is 2.09. The molecule has 1 heterocycles. The lowest BCUT2D eigenvalue weighted by Gasteiger charge is -2.22. The van der Waals surface area contributed by atoms with Gasteiger partial charge in [0.15, 0.2) is 0 Å². The molecule has 104 valence electrons. The summed E-state index contributed by atoms with van der Waals surface area (Å²) in [6.45, 7) is 3.91. The number of nitrogens with zero attached hydrogens (tertiary/aromatic N) is 2. The van der Waals surface area contributed by atoms with Gasteiger partial charge >= 0.3 is 0 Å². The average molecular weight is 282 g/mol. The normalized spacial score (nSPS) is 15.7. The van der Waals surface area contributed by atoms with Crippen LogP contribution in [0.1, 0.15) is 23.2 Å². The highest BCUT2D eigenvalue weighted by Crippen LogP contribution is 2.19. The number of amides is 1. The van der Waals surface area contributed by atoms with Crippen molar-refractivity contribution >= 4 is 23.2 Å². The van der Waals surface area contributed by atoms with Crippen molar-refractivity contribution in [3.05, 3.63) is 28.8 Å². The molecule has 1 fully saturated rings. The van der Waals surface area contributed by atoms with Crippen molar-refractivity contribution in [2.45, 2.75) is 12.8 Å². The van der Waals surface area contributed by atoms with Crippen molar-refractivity contribution in [2.24, 2.45) is 0 Å². The van der Waals surface area contributed by atoms with Gasteiger partial charge in [-0.2, -0.15) is 0 Å². The van der Waals surface area contributed by atoms with Crippen LogP contribution in [0.3, 0.4) is 0 Å². The number of likely N-dealkylation sites (tertiary alicyclic amines) is 1. The Hall–Kier alpha value is -1.26. The van der Waals surface area contributed by atoms with Gasteiger partial charge in [-0.3, -0.25) is 4.79 Å². The predicted molar refractivity (Wildman–Crippen MR) is 78.5 cm³/mol. The van der Waals surface area contributed by atoms with Gasteiger partial charge in [0, 0.05) is 30.8 Å². The molecular weight excluding hydrogens is 262 g/mol. The lowest BCUT2D eigenvalue weighted by molar-refractivity contribution is 0.0783. The molecule has 0 bridgehead atoms. The first kappa shape index (κ1) is 14.2. The monoisotopic (exact) mass is 281 g/mol. The maximum absolute atomic E-state index is 12.3. The molecule has 0 aliphatic carbocycles. The first-order valence-corrected chi connectivity index (χ1v) is 6.98. The van der Waals surface area contributed by atoms with E-state index in [9.17, 15) is 4.79 Å². The fourth-order valence-electron chi connectivity index (χ4n) is 2.32. The van der Waals surface area contributed by atoms with E-state index in [-0.39, 0.29) is 5.91 Å². The van der Waals surface area contributed by atoms with Crippen LogP contribution < -0.4 is 5.73 Å². The van der Waals surface area contributed by atoms with Crippen molar-refractivity contribution in [1.29, 1.82) is 0 Å². The molecular formula is C14H20ClN3O. The zero-order chi connectivity index (χ0) is 13.8. The van der Waals surface area contributed by atoms with Crippen LogP contribution in [0.15, 0.2) is 18.2 Å². The van der Waals surface area contributed by atoms with Crippen molar-refractivity contribution in [1.82, 2.24) is 9.80 Å². The molecule has 5 heteroatoms. The van der Waals surface area contributed by atoms with Gasteiger partial charge in [-0.1, -0.05) is 11.6 Å². The molecule has 0 atom stereocenters. The molecule has 2 rings (SSSR count). The second-order valence-corrected chi connectivity index (χ2v) is 5.44. The van der Waals surface area contributed by atoms with Crippen molar-refractivity contribution < 1.29 is 4.79 Å². The van der Waals surface area contributed by atoms with Gasteiger partial charge in [0.05, 0.1) is 5.56 Å². The maximum atomic E-state index is 12.3. The number of nitrogens with two attached hydrogens (primary N) is 1. The van der Waals surface area contributed by atoms with Crippen LogP contribution in [-0.2, 0) is 0 Å². The quantitative estimate of drug-likeness (QED) is 0.860. The fourth-order valence-corrected chi connectivity index (χ4v) is 2.49. The summed E-state index contributed by atoms with van der Waals surface area (Å²) < 4.78 is 0. The lowest BCUT2D eigenvalue weighted by Crippen LogP contribution is -2.35. The maximum Gasteiger partial charge on any atom is 0.255 e. The third-order valence-electron chi connectivity index (χ3n) is 3.54. The number of rotatable bonds is 4. The van der Waals surface area contributed by atoms with Gasteiger partial charge in [-0.15, -0.1) is 0 Å². The van der Waals surface area contributed by atoms with E-state index in [2.05, 4.69) is 4.90 Å². The minimum Gasteiger partial charge on any atom is -0.398 e. The molecule has 0 aromatic heterocycles. The molecule has 0 unspecified atom stereocenters. The van der Waals surface area contributed by atoms with E-state index in [1.54, 1.807) is 30.1 Å². The molecule has 4 nitrogen and oxygen atoms in total. The van der Waals surface area contributed by atoms with Crippen LogP contribution >= 0.6 is 11.6 Å². The van der Waals surface area contributed by atoms with Gasteiger partial charge in [0.2, 0.25) is 0 Å². The number of benzene rings is 1. The summed E-state index contributed by atoms with van der Waals surface area (Å²) in [5.41, 5.74) is 6.79. The molecule has 19 heavy (non-hydrogen) atoms. The second-order valence-electron chi connectivity index (χ2n) is 5.01. The number of nitrogen functional groups attached to an aromatic ring is 1. The third-order valence-corrected chi connectivity index (χ3v) is 3.78. The SMILES string of the molecule is CN(CCN1CCCC1)C(=O)c1cc(Cl)ccc1N. The summed E-state index contributed by atoms with van der Waals surface area (Å²) in [4.78, 5) is 16.4. The van der Waals surface area contributed by atoms with Gasteiger partial charge in [0.25, 0.3) is 5.91 Å². The van der Waals surface area contributed by atoms with Crippen LogP contribution in [0.4, 0.5) is 5.69 Å². The van der Waals surface area contributed by atoms with Crippen molar-refractivity contribution in [3.63, 3.8) is 0 Å². The molecule has 2 N–H and O–H groups in total. The molecule has 1 saturated heterocycles. The standard InChI is InChI=1S/C14H20ClN3O/c1-17(8-9-18-6-2-3-7-18)14(19)12-10-11(15)4-5-13(12)16/h4-5,10H,2-3,6-9,16H2,1H3. The molecule has 1 aliphatic heterocycles. The number of carbonyl (C=O) groups excluding carboxylic acids is 1. The van der Waals surface area contributed by atoms with E-state index in [1.165, 1.54) is 12.8 Å². The molecule has 0 saturated carbocycles. The highest BCUT2D eigenvalue weighted by molar-refractivity contribution is 6.31. The Kier molecular flexibility index (Phi) is 4.66. The molecule has 1 amide bonds. The summed E-state index contributed by atoms with van der Waals surface area (Å²) in [5, 5.41) is 0.533. The smallest absolute Gasteiger partial charge is 0.255 e. The van der Waals surface area contributed by atoms with E-state index < -0.39 is 0 Å². The van der Waals surface area contributed by atoms with Crippen LogP contribution in [0.5, 0.6) is 0 Å². The van der Waals surface area contributed by atoms with Crippen molar-refractivity contribution in [3.8, 4) is 0 Å². The van der Waals surface area contributed by atoms with Crippen LogP contribution in [-0.4, -0.2) is 48.9 Å². The summed E-state index contributed by atoms with van der Waals surface area (Å²) in [7, 11) is 1.80. The first-order chi connectivity index (χ1) is 9.08. The van der Waals surface area contributed by atoms with E-state index in [4.69, 9.17) is 17.3 Å². The molecule has 1 aromatic rings. The zero-order valence-corrected chi connectivity index (χ0v) is 12.0. The van der Waals surface area contributed by atoms with Crippen LogP contribution in [0.25, 0.3) is 0 Å². The van der Waals surface area contributed by atoms with Gasteiger partial charge in [0.1, 0.15) is 0 Å². The summed E-state index contributed by atoms with van der Waals surface area (Å²) in [6, 6.07) is 4.99. The first-order valence-electron chi connectivity index (χ1n) is 6.61. The summed E-state index contributed by atoms with van der Waals surface area (Å²) >= 11 is 5.91. The minimum atomic E-state index is -0.0702. The summed E-state index contributed by atoms with van der Waals surface area (Å²) in [5.74, 6) is -0.0702. The fraction of sp³-hybridized carbons (Fsp3) is 0.500. The number of carbonyl (C=O) groups is 1. The topological polar surface area (TPSA) is 49.6 Å². The van der Waals surface area contributed by atoms with Crippen LogP contribution in [0.2, 0.25) is 5.02 Å². The number of hydrogen-bond donors (Lipinski definition) is 1. The number of likely N-dealkylation sites (N-methyl/N-ethyl adjacent to an activating group) is 1. The molecule has 1 aliphatic rings. The summed E-state index contributed by atoms with van der Waals surface area (Å²) in [6.07, 6.45) is 2.53. The Morgan fingerprint density at radius 2 is 2.11 bits per heavy atom. The third kappa shape index (κ3) is 3.61. The Balaban J connectivity index is 1.95. The Morgan fingerprint density at radius 1 is 1.42 bits per heavy atom. The zero-order valence-electron chi connectivity index (χ0n) is 11.2. The Bertz CT molecular complexity index is 458. The van der Waals surface area contributed by atoms with E-state index in [0.717, 1.165) is 19.6 Å². The lowest BCUT2D eigenvalue weighted by atomic mass is 10.1. The van der Waals surface area contributed by atoms with Gasteiger partial charge < -0.3 is 15.5 Å². The number of hydrogen-bond acceptors (Lipinski definition) is 3. The minimum absolute atomic E-state index is 0.0702. The number of anilines is 1. The van der Waals surface area contributed by atoms with Crippen LogP contribution in [0, 0.1) is 0 Å². The Labute approximate surface area is 119 Å². The van der Waals surface area contributed by atoms with E-state index in [0.29, 0.717) is 22.8 Å². The highest BCUT2D eigenvalue weighted by Gasteiger charge is 2.17. The molecule has 1 aromatic carbocycles. The van der Waals surface area contributed by atoms with E-state index >= 15 is 0 Å².